The first kappa shape index (κ1) is 12.2. The van der Waals surface area contributed by atoms with Crippen LogP contribution in [0.3, 0.4) is 0 Å². The Morgan fingerprint density at radius 1 is 1.37 bits per heavy atom. The SMILES string of the molecule is O=Cc1nc(CCc2ccco2)n2ccc(Br)cc12. The molecule has 5 heteroatoms. The van der Waals surface area contributed by atoms with Gasteiger partial charge in [0.2, 0.25) is 0 Å². The Balaban J connectivity index is 1.97. The normalized spacial score (nSPS) is 11.0. The number of rotatable bonds is 4. The van der Waals surface area contributed by atoms with Crippen molar-refractivity contribution in [1.29, 1.82) is 0 Å². The molecule has 0 atom stereocenters. The van der Waals surface area contributed by atoms with E-state index in [1.54, 1.807) is 6.26 Å². The number of carbonyl (C=O) groups is 1. The number of furan rings is 1. The van der Waals surface area contributed by atoms with Crippen LogP contribution in [0.25, 0.3) is 5.52 Å². The molecule has 0 radical (unpaired) electrons. The fraction of sp³-hybridized carbons (Fsp3) is 0.143. The average Bonchev–Trinajstić information content (AvgIpc) is 3.03. The van der Waals surface area contributed by atoms with E-state index in [4.69, 9.17) is 4.42 Å². The lowest BCUT2D eigenvalue weighted by molar-refractivity contribution is 0.112. The molecule has 0 spiro atoms. The zero-order valence-corrected chi connectivity index (χ0v) is 11.6. The van der Waals surface area contributed by atoms with Crippen molar-refractivity contribution in [2.45, 2.75) is 12.8 Å². The topological polar surface area (TPSA) is 47.5 Å². The van der Waals surface area contributed by atoms with Gasteiger partial charge in [-0.15, -0.1) is 0 Å². The van der Waals surface area contributed by atoms with Gasteiger partial charge in [-0.05, 0) is 24.3 Å². The van der Waals surface area contributed by atoms with Gasteiger partial charge in [-0.1, -0.05) is 15.9 Å². The molecular weight excluding hydrogens is 308 g/mol. The zero-order valence-electron chi connectivity index (χ0n) is 10.0. The summed E-state index contributed by atoms with van der Waals surface area (Å²) in [6.07, 6.45) is 5.85. The molecule has 3 heterocycles. The third-order valence-electron chi connectivity index (χ3n) is 2.99. The summed E-state index contributed by atoms with van der Waals surface area (Å²) < 4.78 is 8.18. The van der Waals surface area contributed by atoms with Crippen molar-refractivity contribution in [2.75, 3.05) is 0 Å². The summed E-state index contributed by atoms with van der Waals surface area (Å²) in [5.41, 5.74) is 1.29. The van der Waals surface area contributed by atoms with Crippen LogP contribution in [0.1, 0.15) is 22.1 Å². The van der Waals surface area contributed by atoms with Crippen LogP contribution >= 0.6 is 15.9 Å². The average molecular weight is 319 g/mol. The Bertz CT molecular complexity index is 716. The molecule has 0 aliphatic rings. The number of fused-ring (bicyclic) bond motifs is 1. The van der Waals surface area contributed by atoms with Crippen molar-refractivity contribution in [3.8, 4) is 0 Å². The van der Waals surface area contributed by atoms with Crippen LogP contribution in [-0.4, -0.2) is 15.7 Å². The maximum atomic E-state index is 11.1. The summed E-state index contributed by atoms with van der Waals surface area (Å²) in [5.74, 6) is 1.78. The predicted molar refractivity (Wildman–Crippen MR) is 74.4 cm³/mol. The number of imidazole rings is 1. The van der Waals surface area contributed by atoms with Gasteiger partial charge in [0.1, 0.15) is 17.3 Å². The zero-order chi connectivity index (χ0) is 13.2. The van der Waals surface area contributed by atoms with Crippen molar-refractivity contribution in [1.82, 2.24) is 9.38 Å². The Labute approximate surface area is 118 Å². The molecule has 0 amide bonds. The fourth-order valence-electron chi connectivity index (χ4n) is 2.10. The van der Waals surface area contributed by atoms with Crippen LogP contribution in [-0.2, 0) is 12.8 Å². The number of nitrogens with zero attached hydrogens (tertiary/aromatic N) is 2. The predicted octanol–water partition coefficient (Wildman–Crippen LogP) is 3.29. The van der Waals surface area contributed by atoms with Gasteiger partial charge in [0.05, 0.1) is 11.8 Å². The second-order valence-electron chi connectivity index (χ2n) is 4.21. The Hall–Kier alpha value is -1.88. The van der Waals surface area contributed by atoms with E-state index in [-0.39, 0.29) is 0 Å². The molecule has 0 aromatic carbocycles. The lowest BCUT2D eigenvalue weighted by Gasteiger charge is -2.00. The highest BCUT2D eigenvalue weighted by molar-refractivity contribution is 9.10. The number of aromatic nitrogens is 2. The second-order valence-corrected chi connectivity index (χ2v) is 5.13. The summed E-state index contributed by atoms with van der Waals surface area (Å²) in [6, 6.07) is 7.63. The van der Waals surface area contributed by atoms with Gasteiger partial charge in [-0.2, -0.15) is 0 Å². The van der Waals surface area contributed by atoms with Gasteiger partial charge >= 0.3 is 0 Å². The molecule has 0 aliphatic heterocycles. The maximum absolute atomic E-state index is 11.1. The molecule has 96 valence electrons. The van der Waals surface area contributed by atoms with Crippen molar-refractivity contribution >= 4 is 27.7 Å². The summed E-state index contributed by atoms with van der Waals surface area (Å²) in [4.78, 5) is 15.4. The molecule has 0 aliphatic carbocycles. The van der Waals surface area contributed by atoms with E-state index in [9.17, 15) is 4.79 Å². The summed E-state index contributed by atoms with van der Waals surface area (Å²) in [7, 11) is 0. The summed E-state index contributed by atoms with van der Waals surface area (Å²) in [6.45, 7) is 0. The minimum Gasteiger partial charge on any atom is -0.469 e. The molecule has 3 rings (SSSR count). The molecule has 0 N–H and O–H groups in total. The number of aldehydes is 1. The Morgan fingerprint density at radius 3 is 3.00 bits per heavy atom. The highest BCUT2D eigenvalue weighted by Gasteiger charge is 2.11. The second kappa shape index (κ2) is 5.01. The number of halogens is 1. The molecular formula is C14H11BrN2O2. The number of hydrogen-bond donors (Lipinski definition) is 0. The van der Waals surface area contributed by atoms with Gasteiger partial charge in [-0.25, -0.2) is 4.98 Å². The fourth-order valence-corrected chi connectivity index (χ4v) is 2.43. The van der Waals surface area contributed by atoms with Crippen molar-refractivity contribution < 1.29 is 9.21 Å². The molecule has 0 bridgehead atoms. The molecule has 0 saturated carbocycles. The van der Waals surface area contributed by atoms with E-state index in [2.05, 4.69) is 20.9 Å². The number of pyridine rings is 1. The lowest BCUT2D eigenvalue weighted by Crippen LogP contribution is -1.97. The molecule has 3 aromatic rings. The minimum absolute atomic E-state index is 0.468. The van der Waals surface area contributed by atoms with E-state index in [0.717, 1.165) is 40.7 Å². The number of hydrogen-bond acceptors (Lipinski definition) is 3. The van der Waals surface area contributed by atoms with Gasteiger partial charge in [-0.3, -0.25) is 4.79 Å². The largest absolute Gasteiger partial charge is 0.469 e. The summed E-state index contributed by atoms with van der Waals surface area (Å²) in [5, 5.41) is 0. The quantitative estimate of drug-likeness (QED) is 0.693. The van der Waals surface area contributed by atoms with E-state index in [1.165, 1.54) is 0 Å². The smallest absolute Gasteiger partial charge is 0.170 e. The van der Waals surface area contributed by atoms with Crippen molar-refractivity contribution in [2.24, 2.45) is 0 Å². The molecule has 4 nitrogen and oxygen atoms in total. The van der Waals surface area contributed by atoms with Gasteiger partial charge < -0.3 is 8.82 Å². The van der Waals surface area contributed by atoms with E-state index < -0.39 is 0 Å². The minimum atomic E-state index is 0.468. The van der Waals surface area contributed by atoms with Crippen LogP contribution in [0.5, 0.6) is 0 Å². The maximum Gasteiger partial charge on any atom is 0.170 e. The van der Waals surface area contributed by atoms with Crippen molar-refractivity contribution in [3.05, 3.63) is 58.5 Å². The van der Waals surface area contributed by atoms with Crippen LogP contribution in [0.2, 0.25) is 0 Å². The highest BCUT2D eigenvalue weighted by atomic mass is 79.9. The van der Waals surface area contributed by atoms with Crippen LogP contribution < -0.4 is 0 Å². The molecule has 0 unspecified atom stereocenters. The monoisotopic (exact) mass is 318 g/mol. The van der Waals surface area contributed by atoms with E-state index in [1.807, 2.05) is 34.9 Å². The van der Waals surface area contributed by atoms with Gasteiger partial charge in [0, 0.05) is 23.5 Å². The standard InChI is InChI=1S/C14H11BrN2O2/c15-10-5-6-17-13(8-10)12(9-18)16-14(17)4-3-11-2-1-7-19-11/h1-2,5-9H,3-4H2. The van der Waals surface area contributed by atoms with Gasteiger partial charge in [0.25, 0.3) is 0 Å². The molecule has 3 aromatic heterocycles. The van der Waals surface area contributed by atoms with E-state index >= 15 is 0 Å². The van der Waals surface area contributed by atoms with Crippen LogP contribution in [0.15, 0.2) is 45.6 Å². The molecule has 0 saturated heterocycles. The summed E-state index contributed by atoms with van der Waals surface area (Å²) >= 11 is 3.40. The lowest BCUT2D eigenvalue weighted by atomic mass is 10.2. The highest BCUT2D eigenvalue weighted by Crippen LogP contribution is 2.18. The third-order valence-corrected chi connectivity index (χ3v) is 3.49. The van der Waals surface area contributed by atoms with Gasteiger partial charge in [0.15, 0.2) is 6.29 Å². The first-order chi connectivity index (χ1) is 9.28. The van der Waals surface area contributed by atoms with Crippen LogP contribution in [0.4, 0.5) is 0 Å². The Kier molecular flexibility index (Phi) is 3.21. The number of carbonyl (C=O) groups excluding carboxylic acids is 1. The van der Waals surface area contributed by atoms with Crippen LogP contribution in [0, 0.1) is 0 Å². The molecule has 19 heavy (non-hydrogen) atoms. The molecule has 0 fully saturated rings. The first-order valence-corrected chi connectivity index (χ1v) is 6.71. The van der Waals surface area contributed by atoms with E-state index in [0.29, 0.717) is 5.69 Å². The number of aryl methyl sites for hydroxylation is 2. The third kappa shape index (κ3) is 2.33. The van der Waals surface area contributed by atoms with Crippen molar-refractivity contribution in [3.63, 3.8) is 0 Å². The Morgan fingerprint density at radius 2 is 2.26 bits per heavy atom. The first-order valence-electron chi connectivity index (χ1n) is 5.92.